The van der Waals surface area contributed by atoms with Gasteiger partial charge in [-0.2, -0.15) is 0 Å². The van der Waals surface area contributed by atoms with Gasteiger partial charge in [0.2, 0.25) is 0 Å². The van der Waals surface area contributed by atoms with Crippen LogP contribution in [0.15, 0.2) is 28.7 Å². The molecule has 0 radical (unpaired) electrons. The highest BCUT2D eigenvalue weighted by atomic mass is 79.9. The molecule has 0 amide bonds. The van der Waals surface area contributed by atoms with Crippen molar-refractivity contribution in [2.75, 3.05) is 20.0 Å². The van der Waals surface area contributed by atoms with Crippen LogP contribution in [0.25, 0.3) is 0 Å². The number of ether oxygens (including phenoxy) is 1. The van der Waals surface area contributed by atoms with Crippen LogP contribution in [0.5, 0.6) is 0 Å². The summed E-state index contributed by atoms with van der Waals surface area (Å²) in [7, 11) is -1.64. The van der Waals surface area contributed by atoms with Crippen molar-refractivity contribution in [3.63, 3.8) is 0 Å². The second kappa shape index (κ2) is 5.09. The van der Waals surface area contributed by atoms with E-state index in [9.17, 15) is 8.42 Å². The summed E-state index contributed by atoms with van der Waals surface area (Å²) in [5, 5.41) is -0.587. The first kappa shape index (κ1) is 12.7. The maximum Gasteiger partial charge on any atom is 0.156 e. The van der Waals surface area contributed by atoms with Gasteiger partial charge in [-0.05, 0) is 17.7 Å². The molecular formula is C10H13BrO3S. The first-order valence-corrected chi connectivity index (χ1v) is 7.13. The molecule has 0 bridgehead atoms. The normalized spacial score (nSPS) is 13.8. The highest BCUT2D eigenvalue weighted by Gasteiger charge is 2.22. The van der Waals surface area contributed by atoms with Gasteiger partial charge < -0.3 is 4.74 Å². The predicted octanol–water partition coefficient (Wildman–Crippen LogP) is 2.18. The van der Waals surface area contributed by atoms with Crippen molar-refractivity contribution < 1.29 is 13.2 Å². The summed E-state index contributed by atoms with van der Waals surface area (Å²) in [6, 6.07) is 7.22. The van der Waals surface area contributed by atoms with Crippen molar-refractivity contribution in [2.24, 2.45) is 0 Å². The molecule has 1 aromatic rings. The quantitative estimate of drug-likeness (QED) is 0.854. The molecule has 0 saturated carbocycles. The van der Waals surface area contributed by atoms with Crippen molar-refractivity contribution in [3.8, 4) is 0 Å². The van der Waals surface area contributed by atoms with Crippen molar-refractivity contribution in [1.29, 1.82) is 0 Å². The Hall–Kier alpha value is -0.390. The Kier molecular flexibility index (Phi) is 4.31. The fraction of sp³-hybridized carbons (Fsp3) is 0.400. The molecule has 0 aliphatic carbocycles. The molecular weight excluding hydrogens is 280 g/mol. The predicted molar refractivity (Wildman–Crippen MR) is 63.6 cm³/mol. The first-order valence-electron chi connectivity index (χ1n) is 4.38. The smallest absolute Gasteiger partial charge is 0.156 e. The van der Waals surface area contributed by atoms with E-state index in [1.807, 2.05) is 12.1 Å². The summed E-state index contributed by atoms with van der Waals surface area (Å²) in [5.74, 6) is 0. The van der Waals surface area contributed by atoms with E-state index in [0.29, 0.717) is 0 Å². The van der Waals surface area contributed by atoms with Gasteiger partial charge in [0.15, 0.2) is 9.84 Å². The number of rotatable bonds is 4. The van der Waals surface area contributed by atoms with Crippen LogP contribution in [-0.2, 0) is 14.6 Å². The maximum absolute atomic E-state index is 11.5. The van der Waals surface area contributed by atoms with Gasteiger partial charge in [-0.25, -0.2) is 8.42 Å². The van der Waals surface area contributed by atoms with Gasteiger partial charge in [-0.1, -0.05) is 28.1 Å². The Morgan fingerprint density at radius 2 is 1.87 bits per heavy atom. The van der Waals surface area contributed by atoms with Gasteiger partial charge in [0, 0.05) is 17.8 Å². The number of methoxy groups -OCH3 is 1. The number of hydrogen-bond donors (Lipinski definition) is 0. The third-order valence-corrected chi connectivity index (χ3v) is 4.05. The zero-order chi connectivity index (χ0) is 11.5. The molecule has 84 valence electrons. The largest absolute Gasteiger partial charge is 0.383 e. The number of halogens is 1. The van der Waals surface area contributed by atoms with Crippen LogP contribution in [-0.4, -0.2) is 28.4 Å². The fourth-order valence-electron chi connectivity index (χ4n) is 1.30. The lowest BCUT2D eigenvalue weighted by molar-refractivity contribution is 0.197. The van der Waals surface area contributed by atoms with Crippen LogP contribution in [0.2, 0.25) is 0 Å². The van der Waals surface area contributed by atoms with E-state index in [4.69, 9.17) is 4.74 Å². The lowest BCUT2D eigenvalue weighted by atomic mass is 10.1. The average Bonchev–Trinajstić information content (AvgIpc) is 2.14. The molecule has 0 saturated heterocycles. The third-order valence-electron chi connectivity index (χ3n) is 2.08. The van der Waals surface area contributed by atoms with Crippen LogP contribution >= 0.6 is 15.9 Å². The van der Waals surface area contributed by atoms with Crippen LogP contribution in [0.4, 0.5) is 0 Å². The number of benzene rings is 1. The molecule has 1 rings (SSSR count). The molecule has 0 aliphatic rings. The summed E-state index contributed by atoms with van der Waals surface area (Å²) in [4.78, 5) is 0. The third kappa shape index (κ3) is 3.59. The molecule has 0 spiro atoms. The Labute approximate surface area is 98.5 Å². The van der Waals surface area contributed by atoms with E-state index >= 15 is 0 Å². The zero-order valence-corrected chi connectivity index (χ0v) is 11.0. The second-order valence-corrected chi connectivity index (χ2v) is 6.47. The van der Waals surface area contributed by atoms with Crippen molar-refractivity contribution in [3.05, 3.63) is 34.3 Å². The topological polar surface area (TPSA) is 43.4 Å². The molecule has 0 aliphatic heterocycles. The maximum atomic E-state index is 11.5. The minimum Gasteiger partial charge on any atom is -0.383 e. The van der Waals surface area contributed by atoms with Gasteiger partial charge in [-0.3, -0.25) is 0 Å². The molecule has 0 N–H and O–H groups in total. The van der Waals surface area contributed by atoms with E-state index in [1.54, 1.807) is 12.1 Å². The Morgan fingerprint density at radius 1 is 1.33 bits per heavy atom. The molecule has 0 heterocycles. The van der Waals surface area contributed by atoms with Crippen molar-refractivity contribution in [1.82, 2.24) is 0 Å². The van der Waals surface area contributed by atoms with Crippen LogP contribution in [0.1, 0.15) is 10.8 Å². The molecule has 0 fully saturated rings. The Bertz CT molecular complexity index is 411. The zero-order valence-electron chi connectivity index (χ0n) is 8.60. The van der Waals surface area contributed by atoms with Crippen molar-refractivity contribution >= 4 is 25.8 Å². The summed E-state index contributed by atoms with van der Waals surface area (Å²) < 4.78 is 28.9. The van der Waals surface area contributed by atoms with Crippen LogP contribution in [0.3, 0.4) is 0 Å². The summed E-state index contributed by atoms with van der Waals surface area (Å²) >= 11 is 3.30. The van der Waals surface area contributed by atoms with E-state index in [2.05, 4.69) is 15.9 Å². The average molecular weight is 293 g/mol. The molecule has 15 heavy (non-hydrogen) atoms. The minimum atomic E-state index is -3.13. The Morgan fingerprint density at radius 3 is 2.27 bits per heavy atom. The molecule has 5 heteroatoms. The van der Waals surface area contributed by atoms with Gasteiger partial charge in [0.25, 0.3) is 0 Å². The Balaban J connectivity index is 3.05. The molecule has 0 aromatic heterocycles. The molecule has 1 aromatic carbocycles. The highest BCUT2D eigenvalue weighted by molar-refractivity contribution is 9.10. The molecule has 3 nitrogen and oxygen atoms in total. The summed E-state index contributed by atoms with van der Waals surface area (Å²) in [6.45, 7) is 0.181. The van der Waals surface area contributed by atoms with E-state index in [1.165, 1.54) is 13.4 Å². The minimum absolute atomic E-state index is 0.181. The van der Waals surface area contributed by atoms with Crippen molar-refractivity contribution in [2.45, 2.75) is 5.25 Å². The molecule has 1 unspecified atom stereocenters. The highest BCUT2D eigenvalue weighted by Crippen LogP contribution is 2.23. The van der Waals surface area contributed by atoms with E-state index < -0.39 is 15.1 Å². The lowest BCUT2D eigenvalue weighted by Crippen LogP contribution is -2.16. The lowest BCUT2D eigenvalue weighted by Gasteiger charge is -2.14. The van der Waals surface area contributed by atoms with Crippen LogP contribution in [0, 0.1) is 0 Å². The molecule has 1 atom stereocenters. The van der Waals surface area contributed by atoms with E-state index in [0.717, 1.165) is 10.0 Å². The van der Waals surface area contributed by atoms with Gasteiger partial charge >= 0.3 is 0 Å². The number of hydrogen-bond acceptors (Lipinski definition) is 3. The fourth-order valence-corrected chi connectivity index (χ4v) is 2.59. The van der Waals surface area contributed by atoms with Gasteiger partial charge in [-0.15, -0.1) is 0 Å². The van der Waals surface area contributed by atoms with Gasteiger partial charge in [0.05, 0.1) is 6.61 Å². The SMILES string of the molecule is COCC(c1ccc(Br)cc1)S(C)(=O)=O. The first-order chi connectivity index (χ1) is 6.95. The monoisotopic (exact) mass is 292 g/mol. The van der Waals surface area contributed by atoms with Crippen LogP contribution < -0.4 is 0 Å². The second-order valence-electron chi connectivity index (χ2n) is 3.33. The summed E-state index contributed by atoms with van der Waals surface area (Å²) in [6.07, 6.45) is 1.22. The number of sulfone groups is 1. The van der Waals surface area contributed by atoms with Gasteiger partial charge in [0.1, 0.15) is 5.25 Å². The van der Waals surface area contributed by atoms with E-state index in [-0.39, 0.29) is 6.61 Å². The standard InChI is InChI=1S/C10H13BrO3S/c1-14-7-10(15(2,12)13)8-3-5-9(11)6-4-8/h3-6,10H,7H2,1-2H3. The summed E-state index contributed by atoms with van der Waals surface area (Å²) in [5.41, 5.74) is 0.752.